The standard InChI is InChI=1S/C17H15Cl2NS/c1-20-15(8-11-6-7-13(18)10-14(11)19)17-9-12-4-2-3-5-16(12)21-17/h2-7,9-10,15,20H,8H2,1H3. The molecule has 0 aliphatic heterocycles. The molecule has 0 saturated carbocycles. The lowest BCUT2D eigenvalue weighted by Crippen LogP contribution is -2.17. The molecule has 0 saturated heterocycles. The van der Waals surface area contributed by atoms with Crippen LogP contribution in [0.4, 0.5) is 0 Å². The van der Waals surface area contributed by atoms with E-state index in [-0.39, 0.29) is 6.04 Å². The molecular weight excluding hydrogens is 321 g/mol. The van der Waals surface area contributed by atoms with Gasteiger partial charge in [0.1, 0.15) is 0 Å². The van der Waals surface area contributed by atoms with E-state index in [1.165, 1.54) is 15.0 Å². The molecule has 1 N–H and O–H groups in total. The van der Waals surface area contributed by atoms with E-state index in [2.05, 4.69) is 35.6 Å². The van der Waals surface area contributed by atoms with Gasteiger partial charge in [0.05, 0.1) is 0 Å². The largest absolute Gasteiger partial charge is 0.312 e. The minimum Gasteiger partial charge on any atom is -0.312 e. The average Bonchev–Trinajstić information content (AvgIpc) is 2.90. The first-order valence-electron chi connectivity index (χ1n) is 6.77. The topological polar surface area (TPSA) is 12.0 Å². The van der Waals surface area contributed by atoms with Gasteiger partial charge in [-0.25, -0.2) is 0 Å². The Morgan fingerprint density at radius 2 is 1.90 bits per heavy atom. The summed E-state index contributed by atoms with van der Waals surface area (Å²) in [6.07, 6.45) is 0.847. The number of benzene rings is 2. The highest BCUT2D eigenvalue weighted by Crippen LogP contribution is 2.33. The Hall–Kier alpha value is -1.06. The third-order valence-corrected chi connectivity index (χ3v) is 5.39. The quantitative estimate of drug-likeness (QED) is 0.643. The maximum atomic E-state index is 6.29. The molecule has 3 rings (SSSR count). The highest BCUT2D eigenvalue weighted by molar-refractivity contribution is 7.19. The zero-order valence-electron chi connectivity index (χ0n) is 11.6. The number of fused-ring (bicyclic) bond motifs is 1. The Morgan fingerprint density at radius 3 is 2.62 bits per heavy atom. The van der Waals surface area contributed by atoms with E-state index in [9.17, 15) is 0 Å². The van der Waals surface area contributed by atoms with Gasteiger partial charge < -0.3 is 5.32 Å². The molecule has 0 amide bonds. The smallest absolute Gasteiger partial charge is 0.0454 e. The fourth-order valence-corrected chi connectivity index (χ4v) is 4.09. The molecule has 4 heteroatoms. The summed E-state index contributed by atoms with van der Waals surface area (Å²) in [6.45, 7) is 0. The average molecular weight is 336 g/mol. The van der Waals surface area contributed by atoms with Crippen LogP contribution in [0.3, 0.4) is 0 Å². The van der Waals surface area contributed by atoms with Crippen molar-refractivity contribution in [3.05, 3.63) is 69.0 Å². The van der Waals surface area contributed by atoms with Crippen molar-refractivity contribution in [3.8, 4) is 0 Å². The van der Waals surface area contributed by atoms with Gasteiger partial charge in [-0.15, -0.1) is 11.3 Å². The van der Waals surface area contributed by atoms with Gasteiger partial charge >= 0.3 is 0 Å². The Bertz CT molecular complexity index is 733. The molecule has 0 bridgehead atoms. The highest BCUT2D eigenvalue weighted by atomic mass is 35.5. The van der Waals surface area contributed by atoms with Gasteiger partial charge in [0.15, 0.2) is 0 Å². The first-order valence-corrected chi connectivity index (χ1v) is 8.34. The lowest BCUT2D eigenvalue weighted by atomic mass is 10.0. The van der Waals surface area contributed by atoms with Crippen molar-refractivity contribution in [3.63, 3.8) is 0 Å². The van der Waals surface area contributed by atoms with E-state index in [0.717, 1.165) is 17.0 Å². The maximum absolute atomic E-state index is 6.29. The molecule has 1 nitrogen and oxygen atoms in total. The van der Waals surface area contributed by atoms with Gasteiger partial charge in [-0.1, -0.05) is 47.5 Å². The third-order valence-electron chi connectivity index (χ3n) is 3.58. The minimum absolute atomic E-state index is 0.251. The van der Waals surface area contributed by atoms with Crippen molar-refractivity contribution < 1.29 is 0 Å². The van der Waals surface area contributed by atoms with E-state index < -0.39 is 0 Å². The van der Waals surface area contributed by atoms with E-state index in [1.807, 2.05) is 30.5 Å². The summed E-state index contributed by atoms with van der Waals surface area (Å²) >= 11 is 14.1. The van der Waals surface area contributed by atoms with Crippen LogP contribution in [0.5, 0.6) is 0 Å². The summed E-state index contributed by atoms with van der Waals surface area (Å²) in [7, 11) is 1.98. The van der Waals surface area contributed by atoms with Gasteiger partial charge in [-0.2, -0.15) is 0 Å². The second-order valence-electron chi connectivity index (χ2n) is 4.97. The van der Waals surface area contributed by atoms with Crippen molar-refractivity contribution in [2.24, 2.45) is 0 Å². The number of halogens is 2. The van der Waals surface area contributed by atoms with Gasteiger partial charge in [0.2, 0.25) is 0 Å². The van der Waals surface area contributed by atoms with Crippen molar-refractivity contribution in [1.82, 2.24) is 5.32 Å². The number of rotatable bonds is 4. The summed E-state index contributed by atoms with van der Waals surface area (Å²) < 4.78 is 1.31. The molecule has 1 unspecified atom stereocenters. The molecule has 2 aromatic carbocycles. The Kier molecular flexibility index (Phi) is 4.51. The highest BCUT2D eigenvalue weighted by Gasteiger charge is 2.15. The van der Waals surface area contributed by atoms with Gasteiger partial charge in [0.25, 0.3) is 0 Å². The Balaban J connectivity index is 1.90. The van der Waals surface area contributed by atoms with Crippen molar-refractivity contribution in [1.29, 1.82) is 0 Å². The normalized spacial score (nSPS) is 12.7. The van der Waals surface area contributed by atoms with Crippen LogP contribution in [0, 0.1) is 0 Å². The van der Waals surface area contributed by atoms with Crippen molar-refractivity contribution in [2.75, 3.05) is 7.05 Å². The predicted molar refractivity (Wildman–Crippen MR) is 93.8 cm³/mol. The lowest BCUT2D eigenvalue weighted by molar-refractivity contribution is 0.602. The fraction of sp³-hybridized carbons (Fsp3) is 0.176. The molecule has 21 heavy (non-hydrogen) atoms. The summed E-state index contributed by atoms with van der Waals surface area (Å²) in [5.41, 5.74) is 1.11. The molecule has 0 fully saturated rings. The molecule has 1 aromatic heterocycles. The number of hydrogen-bond donors (Lipinski definition) is 1. The molecule has 3 aromatic rings. The van der Waals surface area contributed by atoms with Crippen LogP contribution in [0.2, 0.25) is 10.0 Å². The number of likely N-dealkylation sites (N-methyl/N-ethyl adjacent to an activating group) is 1. The zero-order valence-corrected chi connectivity index (χ0v) is 13.9. The third kappa shape index (κ3) is 3.24. The molecule has 1 heterocycles. The van der Waals surface area contributed by atoms with Crippen LogP contribution in [0.25, 0.3) is 10.1 Å². The van der Waals surface area contributed by atoms with Gasteiger partial charge in [0, 0.05) is 25.7 Å². The predicted octanol–water partition coefficient (Wildman–Crippen LogP) is 5.71. The van der Waals surface area contributed by atoms with Crippen molar-refractivity contribution in [2.45, 2.75) is 12.5 Å². The molecular formula is C17H15Cl2NS. The van der Waals surface area contributed by atoms with Crippen LogP contribution < -0.4 is 5.32 Å². The van der Waals surface area contributed by atoms with E-state index in [4.69, 9.17) is 23.2 Å². The second kappa shape index (κ2) is 6.37. The number of thiophene rings is 1. The first-order chi connectivity index (χ1) is 10.2. The molecule has 0 aliphatic rings. The minimum atomic E-state index is 0.251. The van der Waals surface area contributed by atoms with Crippen LogP contribution in [0.1, 0.15) is 16.5 Å². The molecule has 0 radical (unpaired) electrons. The summed E-state index contributed by atoms with van der Waals surface area (Å²) in [5, 5.41) is 6.08. The lowest BCUT2D eigenvalue weighted by Gasteiger charge is -2.15. The van der Waals surface area contributed by atoms with Crippen LogP contribution in [-0.4, -0.2) is 7.05 Å². The van der Waals surface area contributed by atoms with Crippen molar-refractivity contribution >= 4 is 44.6 Å². The van der Waals surface area contributed by atoms with E-state index >= 15 is 0 Å². The Morgan fingerprint density at radius 1 is 1.10 bits per heavy atom. The summed E-state index contributed by atoms with van der Waals surface area (Å²) in [6, 6.07) is 16.7. The monoisotopic (exact) mass is 335 g/mol. The fourth-order valence-electron chi connectivity index (χ4n) is 2.43. The maximum Gasteiger partial charge on any atom is 0.0454 e. The number of hydrogen-bond acceptors (Lipinski definition) is 2. The summed E-state index contributed by atoms with van der Waals surface area (Å²) in [4.78, 5) is 1.32. The van der Waals surface area contributed by atoms with Gasteiger partial charge in [-0.05, 0) is 48.7 Å². The van der Waals surface area contributed by atoms with Crippen LogP contribution >= 0.6 is 34.5 Å². The van der Waals surface area contributed by atoms with Gasteiger partial charge in [-0.3, -0.25) is 0 Å². The Labute approximate surface area is 138 Å². The molecule has 108 valence electrons. The van der Waals surface area contributed by atoms with E-state index in [0.29, 0.717) is 5.02 Å². The second-order valence-corrected chi connectivity index (χ2v) is 6.93. The molecule has 1 atom stereocenters. The first kappa shape index (κ1) is 14.9. The van der Waals surface area contributed by atoms with Crippen LogP contribution in [0.15, 0.2) is 48.5 Å². The van der Waals surface area contributed by atoms with E-state index in [1.54, 1.807) is 6.07 Å². The van der Waals surface area contributed by atoms with Crippen LogP contribution in [-0.2, 0) is 6.42 Å². The molecule has 0 spiro atoms. The summed E-state index contributed by atoms with van der Waals surface area (Å²) in [5.74, 6) is 0. The molecule has 0 aliphatic carbocycles. The zero-order chi connectivity index (χ0) is 14.8. The number of nitrogens with one attached hydrogen (secondary N) is 1. The SMILES string of the molecule is CNC(Cc1ccc(Cl)cc1Cl)c1cc2ccccc2s1.